The van der Waals surface area contributed by atoms with Gasteiger partial charge in [-0.3, -0.25) is 0 Å². The summed E-state index contributed by atoms with van der Waals surface area (Å²) in [5.41, 5.74) is 0. The van der Waals surface area contributed by atoms with E-state index in [0.717, 1.165) is 17.9 Å². The molecule has 0 radical (unpaired) electrons. The van der Waals surface area contributed by atoms with Crippen molar-refractivity contribution in [2.45, 2.75) is 68.8 Å². The molecule has 2 nitrogen and oxygen atoms in total. The topological polar surface area (TPSA) is 21.3 Å². The lowest BCUT2D eigenvalue weighted by molar-refractivity contribution is 0.102. The van der Waals surface area contributed by atoms with E-state index in [-0.39, 0.29) is 0 Å². The Kier molecular flexibility index (Phi) is 6.16. The third-order valence-electron chi connectivity index (χ3n) is 4.14. The van der Waals surface area contributed by atoms with Crippen molar-refractivity contribution in [3.63, 3.8) is 0 Å². The molecule has 0 bridgehead atoms. The van der Waals surface area contributed by atoms with Crippen molar-refractivity contribution in [3.05, 3.63) is 0 Å². The molecule has 1 saturated heterocycles. The summed E-state index contributed by atoms with van der Waals surface area (Å²) in [5.74, 6) is 0. The fourth-order valence-electron chi connectivity index (χ4n) is 3.10. The van der Waals surface area contributed by atoms with E-state index in [0.29, 0.717) is 6.10 Å². The molecule has 0 aromatic heterocycles. The van der Waals surface area contributed by atoms with Gasteiger partial charge in [-0.05, 0) is 51.3 Å². The Bertz CT molecular complexity index is 206. The monoisotopic (exact) mass is 257 g/mol. The van der Waals surface area contributed by atoms with Crippen molar-refractivity contribution < 1.29 is 4.74 Å². The van der Waals surface area contributed by atoms with E-state index >= 15 is 0 Å². The summed E-state index contributed by atoms with van der Waals surface area (Å²) in [6.45, 7) is 2.18. The first kappa shape index (κ1) is 13.7. The summed E-state index contributed by atoms with van der Waals surface area (Å²) in [7, 11) is 0. The number of hydrogen-bond acceptors (Lipinski definition) is 3. The Morgan fingerprint density at radius 3 is 2.82 bits per heavy atom. The number of hydrogen-bond donors (Lipinski definition) is 1. The van der Waals surface area contributed by atoms with Crippen molar-refractivity contribution in [2.24, 2.45) is 0 Å². The Labute approximate surface area is 110 Å². The highest BCUT2D eigenvalue weighted by Gasteiger charge is 2.23. The molecule has 0 aromatic carbocycles. The minimum atomic E-state index is 0.569. The summed E-state index contributed by atoms with van der Waals surface area (Å²) in [6, 6.07) is 0.767. The molecule has 1 heterocycles. The van der Waals surface area contributed by atoms with Gasteiger partial charge >= 0.3 is 0 Å². The Morgan fingerprint density at radius 2 is 2.06 bits per heavy atom. The average Bonchev–Trinajstić information content (AvgIpc) is 2.88. The van der Waals surface area contributed by atoms with Crippen LogP contribution in [0.3, 0.4) is 0 Å². The quantitative estimate of drug-likeness (QED) is 0.738. The molecule has 1 N–H and O–H groups in total. The molecule has 17 heavy (non-hydrogen) atoms. The lowest BCUT2D eigenvalue weighted by atomic mass is 9.94. The van der Waals surface area contributed by atoms with Gasteiger partial charge in [0.2, 0.25) is 0 Å². The fraction of sp³-hybridized carbons (Fsp3) is 1.00. The SMILES string of the molecule is CSC1CCCCC1NCCCC1CCCO1. The number of ether oxygens (including phenoxy) is 1. The predicted octanol–water partition coefficient (Wildman–Crippen LogP) is 3.21. The molecule has 3 heteroatoms. The van der Waals surface area contributed by atoms with E-state index in [1.165, 1.54) is 57.9 Å². The lowest BCUT2D eigenvalue weighted by Gasteiger charge is -2.31. The third-order valence-corrected chi connectivity index (χ3v) is 5.31. The zero-order valence-corrected chi connectivity index (χ0v) is 11.9. The van der Waals surface area contributed by atoms with Gasteiger partial charge in [0, 0.05) is 17.9 Å². The van der Waals surface area contributed by atoms with Crippen LogP contribution in [-0.4, -0.2) is 36.8 Å². The van der Waals surface area contributed by atoms with Crippen molar-refractivity contribution >= 4 is 11.8 Å². The summed E-state index contributed by atoms with van der Waals surface area (Å²) in [6.07, 6.45) is 13.6. The Balaban J connectivity index is 1.56. The smallest absolute Gasteiger partial charge is 0.0576 e. The molecule has 3 unspecified atom stereocenters. The fourth-order valence-corrected chi connectivity index (χ4v) is 4.06. The number of rotatable bonds is 6. The van der Waals surface area contributed by atoms with E-state index in [4.69, 9.17) is 4.74 Å². The van der Waals surface area contributed by atoms with E-state index in [1.807, 2.05) is 0 Å². The van der Waals surface area contributed by atoms with Crippen LogP contribution in [0.4, 0.5) is 0 Å². The molecule has 0 spiro atoms. The minimum absolute atomic E-state index is 0.569. The maximum Gasteiger partial charge on any atom is 0.0576 e. The zero-order valence-electron chi connectivity index (χ0n) is 11.1. The van der Waals surface area contributed by atoms with E-state index in [1.54, 1.807) is 0 Å². The van der Waals surface area contributed by atoms with Gasteiger partial charge in [-0.2, -0.15) is 11.8 Å². The van der Waals surface area contributed by atoms with E-state index in [9.17, 15) is 0 Å². The molecule has 0 aromatic rings. The van der Waals surface area contributed by atoms with E-state index < -0.39 is 0 Å². The van der Waals surface area contributed by atoms with Gasteiger partial charge in [-0.25, -0.2) is 0 Å². The molecule has 2 aliphatic rings. The normalized spacial score (nSPS) is 34.1. The minimum Gasteiger partial charge on any atom is -0.378 e. The predicted molar refractivity (Wildman–Crippen MR) is 75.8 cm³/mol. The van der Waals surface area contributed by atoms with Gasteiger partial charge in [0.05, 0.1) is 6.10 Å². The highest BCUT2D eigenvalue weighted by atomic mass is 32.2. The second kappa shape index (κ2) is 7.65. The van der Waals surface area contributed by atoms with Crippen LogP contribution < -0.4 is 5.32 Å². The standard InChI is InChI=1S/C14H27NOS/c1-17-14-9-3-2-8-13(14)15-10-4-6-12-7-5-11-16-12/h12-15H,2-11H2,1H3. The van der Waals surface area contributed by atoms with Crippen LogP contribution in [0.15, 0.2) is 0 Å². The summed E-state index contributed by atoms with van der Waals surface area (Å²) in [4.78, 5) is 0. The van der Waals surface area contributed by atoms with Crippen LogP contribution >= 0.6 is 11.8 Å². The first-order chi connectivity index (χ1) is 8.40. The molecule has 2 fully saturated rings. The van der Waals surface area contributed by atoms with Gasteiger partial charge in [-0.15, -0.1) is 0 Å². The molecular formula is C14H27NOS. The zero-order chi connectivity index (χ0) is 11.9. The lowest BCUT2D eigenvalue weighted by Crippen LogP contribution is -2.40. The summed E-state index contributed by atoms with van der Waals surface area (Å²) in [5, 5.41) is 4.62. The molecule has 1 aliphatic carbocycles. The van der Waals surface area contributed by atoms with Crippen molar-refractivity contribution in [1.29, 1.82) is 0 Å². The number of nitrogens with one attached hydrogen (secondary N) is 1. The van der Waals surface area contributed by atoms with Crippen LogP contribution in [0.1, 0.15) is 51.4 Å². The van der Waals surface area contributed by atoms with Crippen molar-refractivity contribution in [1.82, 2.24) is 5.32 Å². The molecule has 1 aliphatic heterocycles. The van der Waals surface area contributed by atoms with Crippen LogP contribution in [-0.2, 0) is 4.74 Å². The second-order valence-electron chi connectivity index (χ2n) is 5.40. The molecule has 3 atom stereocenters. The highest BCUT2D eigenvalue weighted by Crippen LogP contribution is 2.27. The summed E-state index contributed by atoms with van der Waals surface area (Å²) >= 11 is 2.05. The van der Waals surface area contributed by atoms with Crippen LogP contribution in [0.25, 0.3) is 0 Å². The molecule has 0 amide bonds. The molecular weight excluding hydrogens is 230 g/mol. The first-order valence-corrected chi connectivity index (χ1v) is 8.56. The van der Waals surface area contributed by atoms with Gasteiger partial charge < -0.3 is 10.1 Å². The Morgan fingerprint density at radius 1 is 1.18 bits per heavy atom. The van der Waals surface area contributed by atoms with Gasteiger partial charge in [0.1, 0.15) is 0 Å². The first-order valence-electron chi connectivity index (χ1n) is 7.28. The number of thioether (sulfide) groups is 1. The average molecular weight is 257 g/mol. The second-order valence-corrected chi connectivity index (χ2v) is 6.47. The van der Waals surface area contributed by atoms with Crippen LogP contribution in [0.2, 0.25) is 0 Å². The van der Waals surface area contributed by atoms with Gasteiger partial charge in [0.15, 0.2) is 0 Å². The van der Waals surface area contributed by atoms with E-state index in [2.05, 4.69) is 23.3 Å². The maximum atomic E-state index is 5.66. The van der Waals surface area contributed by atoms with Crippen LogP contribution in [0, 0.1) is 0 Å². The van der Waals surface area contributed by atoms with Gasteiger partial charge in [-0.1, -0.05) is 12.8 Å². The Hall–Kier alpha value is 0.270. The third kappa shape index (κ3) is 4.46. The van der Waals surface area contributed by atoms with Crippen molar-refractivity contribution in [3.8, 4) is 0 Å². The molecule has 1 saturated carbocycles. The summed E-state index contributed by atoms with van der Waals surface area (Å²) < 4.78 is 5.66. The highest BCUT2D eigenvalue weighted by molar-refractivity contribution is 7.99. The molecule has 100 valence electrons. The van der Waals surface area contributed by atoms with Gasteiger partial charge in [0.25, 0.3) is 0 Å². The van der Waals surface area contributed by atoms with Crippen molar-refractivity contribution in [2.75, 3.05) is 19.4 Å². The largest absolute Gasteiger partial charge is 0.378 e. The van der Waals surface area contributed by atoms with Crippen LogP contribution in [0.5, 0.6) is 0 Å². The molecule has 2 rings (SSSR count). The maximum absolute atomic E-state index is 5.66.